The Morgan fingerprint density at radius 1 is 1.19 bits per heavy atom. The van der Waals surface area contributed by atoms with Gasteiger partial charge in [-0.3, -0.25) is 14.9 Å². The topological polar surface area (TPSA) is 74.4 Å². The molecule has 2 aromatic carbocycles. The minimum absolute atomic E-state index is 0.0149. The van der Waals surface area contributed by atoms with Crippen molar-refractivity contribution in [3.05, 3.63) is 69.4 Å². The summed E-state index contributed by atoms with van der Waals surface area (Å²) in [6.07, 6.45) is 2.68. The number of carbonyl (C=O) groups is 1. The Morgan fingerprint density at radius 3 is 2.48 bits per heavy atom. The zero-order chi connectivity index (χ0) is 19.6. The normalized spacial score (nSPS) is 10.9. The van der Waals surface area contributed by atoms with Gasteiger partial charge in [0.15, 0.2) is 5.78 Å². The zero-order valence-electron chi connectivity index (χ0n) is 15.7. The maximum absolute atomic E-state index is 13.3. The van der Waals surface area contributed by atoms with E-state index < -0.39 is 4.92 Å². The Balaban J connectivity index is 2.21. The maximum atomic E-state index is 13.3. The molecule has 0 radical (unpaired) electrons. The number of hydrogen-bond donors (Lipinski definition) is 0. The van der Waals surface area contributed by atoms with Crippen LogP contribution in [0.15, 0.2) is 42.5 Å². The highest BCUT2D eigenvalue weighted by Crippen LogP contribution is 2.32. The van der Waals surface area contributed by atoms with Crippen LogP contribution in [0.25, 0.3) is 10.9 Å². The van der Waals surface area contributed by atoms with Gasteiger partial charge in [-0.15, -0.1) is 0 Å². The highest BCUT2D eigenvalue weighted by Gasteiger charge is 2.23. The standard InChI is InChI=1S/C21H22N2O4/c1-4-5-6-19-20(21(24)14-7-10-16(27-3)11-8-14)17-13-15(23(25)26)9-12-18(17)22(19)2/h7-13H,4-6H2,1-3H3. The summed E-state index contributed by atoms with van der Waals surface area (Å²) in [4.78, 5) is 24.1. The highest BCUT2D eigenvalue weighted by molar-refractivity contribution is 6.17. The number of ketones is 1. The van der Waals surface area contributed by atoms with Crippen molar-refractivity contribution in [2.24, 2.45) is 7.05 Å². The minimum atomic E-state index is -0.431. The first-order valence-corrected chi connectivity index (χ1v) is 8.92. The Hall–Kier alpha value is -3.15. The molecule has 0 saturated carbocycles. The highest BCUT2D eigenvalue weighted by atomic mass is 16.6. The minimum Gasteiger partial charge on any atom is -0.497 e. The van der Waals surface area contributed by atoms with Crippen molar-refractivity contribution in [1.82, 2.24) is 4.57 Å². The summed E-state index contributed by atoms with van der Waals surface area (Å²) in [5.41, 5.74) is 2.80. The fourth-order valence-electron chi connectivity index (χ4n) is 3.38. The Kier molecular flexibility index (Phi) is 5.26. The zero-order valence-corrected chi connectivity index (χ0v) is 15.7. The van der Waals surface area contributed by atoms with E-state index in [-0.39, 0.29) is 11.5 Å². The molecule has 0 aliphatic carbocycles. The molecule has 0 saturated heterocycles. The summed E-state index contributed by atoms with van der Waals surface area (Å²) in [5.74, 6) is 0.543. The number of methoxy groups -OCH3 is 1. The molecule has 0 aliphatic rings. The number of rotatable bonds is 7. The molecule has 0 bridgehead atoms. The third kappa shape index (κ3) is 3.43. The third-order valence-corrected chi connectivity index (χ3v) is 4.86. The smallest absolute Gasteiger partial charge is 0.270 e. The number of non-ortho nitro benzene ring substituents is 1. The second kappa shape index (κ2) is 7.61. The van der Waals surface area contributed by atoms with E-state index in [9.17, 15) is 14.9 Å². The van der Waals surface area contributed by atoms with E-state index >= 15 is 0 Å². The SMILES string of the molecule is CCCCc1c(C(=O)c2ccc(OC)cc2)c2cc([N+](=O)[O-])ccc2n1C. The molecular formula is C21H22N2O4. The van der Waals surface area contributed by atoms with Crippen LogP contribution in [-0.4, -0.2) is 22.4 Å². The van der Waals surface area contributed by atoms with Crippen molar-refractivity contribution in [3.63, 3.8) is 0 Å². The molecule has 0 fully saturated rings. The molecule has 3 rings (SSSR count). The lowest BCUT2D eigenvalue weighted by Crippen LogP contribution is -2.07. The van der Waals surface area contributed by atoms with Crippen LogP contribution in [-0.2, 0) is 13.5 Å². The number of unbranched alkanes of at least 4 members (excludes halogenated alkanes) is 1. The van der Waals surface area contributed by atoms with E-state index in [0.29, 0.717) is 22.3 Å². The first-order chi connectivity index (χ1) is 13.0. The molecule has 1 heterocycles. The number of nitro benzene ring substituents is 1. The largest absolute Gasteiger partial charge is 0.497 e. The number of hydrogen-bond acceptors (Lipinski definition) is 4. The molecule has 6 heteroatoms. The van der Waals surface area contributed by atoms with Gasteiger partial charge in [0.1, 0.15) is 5.75 Å². The van der Waals surface area contributed by atoms with Crippen LogP contribution < -0.4 is 4.74 Å². The van der Waals surface area contributed by atoms with Gasteiger partial charge in [0, 0.05) is 41.3 Å². The predicted octanol–water partition coefficient (Wildman–Crippen LogP) is 4.67. The summed E-state index contributed by atoms with van der Waals surface area (Å²) in [6.45, 7) is 2.10. The first kappa shape index (κ1) is 18.6. The monoisotopic (exact) mass is 366 g/mol. The number of benzene rings is 2. The van der Waals surface area contributed by atoms with Crippen molar-refractivity contribution in [1.29, 1.82) is 0 Å². The lowest BCUT2D eigenvalue weighted by Gasteiger charge is -2.08. The Labute approximate surface area is 157 Å². The summed E-state index contributed by atoms with van der Waals surface area (Å²) in [6, 6.07) is 11.6. The summed E-state index contributed by atoms with van der Waals surface area (Å²) >= 11 is 0. The Bertz CT molecular complexity index is 1000. The van der Waals surface area contributed by atoms with Crippen LogP contribution in [0, 0.1) is 10.1 Å². The third-order valence-electron chi connectivity index (χ3n) is 4.86. The van der Waals surface area contributed by atoms with Crippen molar-refractivity contribution in [2.75, 3.05) is 7.11 Å². The molecule has 140 valence electrons. The average Bonchev–Trinajstić information content (AvgIpc) is 2.97. The van der Waals surface area contributed by atoms with E-state index in [1.165, 1.54) is 12.1 Å². The van der Waals surface area contributed by atoms with Crippen LogP contribution in [0.5, 0.6) is 5.75 Å². The lowest BCUT2D eigenvalue weighted by molar-refractivity contribution is -0.384. The number of carbonyl (C=O) groups excluding carboxylic acids is 1. The van der Waals surface area contributed by atoms with Gasteiger partial charge in [-0.25, -0.2) is 0 Å². The van der Waals surface area contributed by atoms with Crippen molar-refractivity contribution in [2.45, 2.75) is 26.2 Å². The molecule has 27 heavy (non-hydrogen) atoms. The van der Waals surface area contributed by atoms with Crippen molar-refractivity contribution >= 4 is 22.4 Å². The van der Waals surface area contributed by atoms with Gasteiger partial charge in [0.05, 0.1) is 17.6 Å². The Morgan fingerprint density at radius 2 is 1.89 bits per heavy atom. The molecule has 1 aromatic heterocycles. The fourth-order valence-corrected chi connectivity index (χ4v) is 3.38. The number of aromatic nitrogens is 1. The molecule has 0 atom stereocenters. The number of fused-ring (bicyclic) bond motifs is 1. The molecule has 0 aliphatic heterocycles. The maximum Gasteiger partial charge on any atom is 0.270 e. The van der Waals surface area contributed by atoms with Crippen LogP contribution in [0.2, 0.25) is 0 Å². The van der Waals surface area contributed by atoms with E-state index in [4.69, 9.17) is 4.74 Å². The number of nitro groups is 1. The summed E-state index contributed by atoms with van der Waals surface area (Å²) in [5, 5.41) is 11.9. The first-order valence-electron chi connectivity index (χ1n) is 8.92. The average molecular weight is 366 g/mol. The van der Waals surface area contributed by atoms with Gasteiger partial charge in [0.25, 0.3) is 5.69 Å². The number of aryl methyl sites for hydroxylation is 1. The van der Waals surface area contributed by atoms with Crippen molar-refractivity contribution < 1.29 is 14.5 Å². The van der Waals surface area contributed by atoms with Crippen LogP contribution in [0.1, 0.15) is 41.4 Å². The second-order valence-electron chi connectivity index (χ2n) is 6.50. The van der Waals surface area contributed by atoms with Gasteiger partial charge in [-0.05, 0) is 43.2 Å². The van der Waals surface area contributed by atoms with Gasteiger partial charge in [-0.1, -0.05) is 13.3 Å². The van der Waals surface area contributed by atoms with Gasteiger partial charge < -0.3 is 9.30 Å². The number of ether oxygens (including phenoxy) is 1. The molecule has 6 nitrogen and oxygen atoms in total. The lowest BCUT2D eigenvalue weighted by atomic mass is 9.98. The van der Waals surface area contributed by atoms with Crippen molar-refractivity contribution in [3.8, 4) is 5.75 Å². The van der Waals surface area contributed by atoms with Gasteiger partial charge in [-0.2, -0.15) is 0 Å². The van der Waals surface area contributed by atoms with Crippen LogP contribution in [0.3, 0.4) is 0 Å². The van der Waals surface area contributed by atoms with Gasteiger partial charge in [0.2, 0.25) is 0 Å². The molecular weight excluding hydrogens is 344 g/mol. The molecule has 0 N–H and O–H groups in total. The fraction of sp³-hybridized carbons (Fsp3) is 0.286. The molecule has 3 aromatic rings. The van der Waals surface area contributed by atoms with E-state index in [0.717, 1.165) is 30.5 Å². The van der Waals surface area contributed by atoms with E-state index in [1.807, 2.05) is 11.6 Å². The second-order valence-corrected chi connectivity index (χ2v) is 6.50. The predicted molar refractivity (Wildman–Crippen MR) is 105 cm³/mol. The van der Waals surface area contributed by atoms with E-state index in [1.54, 1.807) is 37.4 Å². The van der Waals surface area contributed by atoms with Crippen LogP contribution in [0.4, 0.5) is 5.69 Å². The quantitative estimate of drug-likeness (QED) is 0.346. The molecule has 0 amide bonds. The number of nitrogens with zero attached hydrogens (tertiary/aromatic N) is 2. The molecule has 0 spiro atoms. The van der Waals surface area contributed by atoms with E-state index in [2.05, 4.69) is 6.92 Å². The summed E-state index contributed by atoms with van der Waals surface area (Å²) in [7, 11) is 3.48. The van der Waals surface area contributed by atoms with Crippen LogP contribution >= 0.6 is 0 Å². The summed E-state index contributed by atoms with van der Waals surface area (Å²) < 4.78 is 7.14. The van der Waals surface area contributed by atoms with Gasteiger partial charge >= 0.3 is 0 Å². The molecule has 0 unspecified atom stereocenters.